The molecule has 1 aromatic rings. The van der Waals surface area contributed by atoms with E-state index >= 15 is 0 Å². The molecular weight excluding hydrogens is 250 g/mol. The molecule has 0 aliphatic rings. The number of anilines is 1. The summed E-state index contributed by atoms with van der Waals surface area (Å²) in [5, 5.41) is 12.1. The third kappa shape index (κ3) is 5.24. The maximum atomic E-state index is 10.4. The molecule has 0 atom stereocenters. The van der Waals surface area contributed by atoms with Gasteiger partial charge in [0, 0.05) is 18.7 Å². The fraction of sp³-hybridized carbons (Fsp3) is 0.588. The quantitative estimate of drug-likeness (QED) is 0.656. The van der Waals surface area contributed by atoms with Crippen molar-refractivity contribution < 1.29 is 9.90 Å². The summed E-state index contributed by atoms with van der Waals surface area (Å²) in [5.41, 5.74) is 2.73. The first-order valence-corrected chi connectivity index (χ1v) is 7.52. The van der Waals surface area contributed by atoms with Crippen molar-refractivity contribution in [1.29, 1.82) is 0 Å². The van der Waals surface area contributed by atoms with Gasteiger partial charge in [-0.2, -0.15) is 0 Å². The average molecular weight is 277 g/mol. The Hall–Kier alpha value is -1.51. The summed E-state index contributed by atoms with van der Waals surface area (Å²) >= 11 is 0. The summed E-state index contributed by atoms with van der Waals surface area (Å²) in [6, 6.07) is 8.47. The van der Waals surface area contributed by atoms with Crippen molar-refractivity contribution >= 4 is 11.7 Å². The van der Waals surface area contributed by atoms with E-state index in [9.17, 15) is 4.79 Å². The molecule has 0 bridgehead atoms. The maximum absolute atomic E-state index is 10.4. The molecule has 2 N–H and O–H groups in total. The van der Waals surface area contributed by atoms with Gasteiger partial charge >= 0.3 is 5.97 Å². The Balaban J connectivity index is 2.46. The number of carboxylic acid groups (broad SMARTS) is 1. The van der Waals surface area contributed by atoms with Gasteiger partial charge in [0.15, 0.2) is 0 Å². The van der Waals surface area contributed by atoms with Crippen LogP contribution < -0.4 is 5.32 Å². The molecule has 3 heteroatoms. The van der Waals surface area contributed by atoms with E-state index in [0.717, 1.165) is 32.2 Å². The van der Waals surface area contributed by atoms with Crippen molar-refractivity contribution in [1.82, 2.24) is 0 Å². The van der Waals surface area contributed by atoms with Crippen LogP contribution in [0.2, 0.25) is 0 Å². The number of carboxylic acids is 1. The summed E-state index contributed by atoms with van der Waals surface area (Å²) in [7, 11) is 0. The van der Waals surface area contributed by atoms with Crippen LogP contribution in [0.5, 0.6) is 0 Å². The van der Waals surface area contributed by atoms with Crippen LogP contribution in [0, 0.1) is 0 Å². The van der Waals surface area contributed by atoms with Crippen LogP contribution >= 0.6 is 0 Å². The Bertz CT molecular complexity index is 427. The number of aliphatic carboxylic acids is 1. The molecule has 0 radical (unpaired) electrons. The van der Waals surface area contributed by atoms with Crippen molar-refractivity contribution in [2.45, 2.75) is 58.3 Å². The molecule has 20 heavy (non-hydrogen) atoms. The highest BCUT2D eigenvalue weighted by Gasteiger charge is 2.20. The van der Waals surface area contributed by atoms with E-state index in [0.29, 0.717) is 0 Å². The Kier molecular flexibility index (Phi) is 6.56. The smallest absolute Gasteiger partial charge is 0.303 e. The molecule has 0 heterocycles. The molecule has 0 aliphatic heterocycles. The number of unbranched alkanes of at least 4 members (excludes halogenated alkanes) is 2. The lowest BCUT2D eigenvalue weighted by molar-refractivity contribution is -0.137. The fourth-order valence-electron chi connectivity index (χ4n) is 2.22. The van der Waals surface area contributed by atoms with Gasteiger partial charge in [-0.1, -0.05) is 45.4 Å². The number of nitrogens with one attached hydrogen (secondary N) is 1. The number of hydrogen-bond acceptors (Lipinski definition) is 2. The molecule has 0 amide bonds. The molecule has 3 nitrogen and oxygen atoms in total. The zero-order chi connectivity index (χ0) is 15.0. The topological polar surface area (TPSA) is 49.3 Å². The molecule has 1 rings (SSSR count). The van der Waals surface area contributed by atoms with Gasteiger partial charge < -0.3 is 10.4 Å². The normalized spacial score (nSPS) is 11.3. The lowest BCUT2D eigenvalue weighted by Gasteiger charge is -2.26. The van der Waals surface area contributed by atoms with Gasteiger partial charge in [-0.25, -0.2) is 0 Å². The van der Waals surface area contributed by atoms with Crippen molar-refractivity contribution in [2.24, 2.45) is 0 Å². The zero-order valence-corrected chi connectivity index (χ0v) is 12.9. The SMILES string of the molecule is CCC(C)(C)c1ccccc1NCCCCCC(=O)O. The average Bonchev–Trinajstić information content (AvgIpc) is 2.42. The van der Waals surface area contributed by atoms with Gasteiger partial charge in [-0.05, 0) is 36.3 Å². The zero-order valence-electron chi connectivity index (χ0n) is 12.9. The Labute approximate surface area is 122 Å². The molecule has 0 aromatic heterocycles. The van der Waals surface area contributed by atoms with Crippen LogP contribution in [0.15, 0.2) is 24.3 Å². The largest absolute Gasteiger partial charge is 0.481 e. The molecule has 0 fully saturated rings. The third-order valence-corrected chi connectivity index (χ3v) is 3.92. The Morgan fingerprint density at radius 2 is 1.90 bits per heavy atom. The highest BCUT2D eigenvalue weighted by molar-refractivity contribution is 5.66. The Morgan fingerprint density at radius 3 is 2.55 bits per heavy atom. The molecule has 112 valence electrons. The summed E-state index contributed by atoms with van der Waals surface area (Å²) < 4.78 is 0. The van der Waals surface area contributed by atoms with Gasteiger partial charge in [0.2, 0.25) is 0 Å². The Morgan fingerprint density at radius 1 is 1.20 bits per heavy atom. The van der Waals surface area contributed by atoms with Crippen LogP contribution in [-0.4, -0.2) is 17.6 Å². The monoisotopic (exact) mass is 277 g/mol. The summed E-state index contributed by atoms with van der Waals surface area (Å²) in [4.78, 5) is 10.4. The first kappa shape index (κ1) is 16.5. The minimum absolute atomic E-state index is 0.174. The molecule has 0 unspecified atom stereocenters. The second kappa shape index (κ2) is 7.93. The number of rotatable bonds is 9. The lowest BCUT2D eigenvalue weighted by Crippen LogP contribution is -2.18. The molecule has 0 saturated carbocycles. The fourth-order valence-corrected chi connectivity index (χ4v) is 2.22. The van der Waals surface area contributed by atoms with E-state index in [1.165, 1.54) is 11.3 Å². The number of benzene rings is 1. The van der Waals surface area contributed by atoms with Crippen molar-refractivity contribution in [3.05, 3.63) is 29.8 Å². The van der Waals surface area contributed by atoms with Gasteiger partial charge in [-0.15, -0.1) is 0 Å². The van der Waals surface area contributed by atoms with Crippen molar-refractivity contribution in [3.8, 4) is 0 Å². The third-order valence-electron chi connectivity index (χ3n) is 3.92. The predicted molar refractivity (Wildman–Crippen MR) is 84.4 cm³/mol. The maximum Gasteiger partial charge on any atom is 0.303 e. The predicted octanol–water partition coefficient (Wildman–Crippen LogP) is 4.43. The van der Waals surface area contributed by atoms with E-state index in [2.05, 4.69) is 50.4 Å². The van der Waals surface area contributed by atoms with Crippen LogP contribution in [0.4, 0.5) is 5.69 Å². The highest BCUT2D eigenvalue weighted by Crippen LogP contribution is 2.32. The van der Waals surface area contributed by atoms with Crippen molar-refractivity contribution in [2.75, 3.05) is 11.9 Å². The first-order chi connectivity index (χ1) is 9.47. The van der Waals surface area contributed by atoms with E-state index < -0.39 is 5.97 Å². The van der Waals surface area contributed by atoms with Gasteiger partial charge in [0.05, 0.1) is 0 Å². The van der Waals surface area contributed by atoms with Gasteiger partial charge in [-0.3, -0.25) is 4.79 Å². The minimum Gasteiger partial charge on any atom is -0.481 e. The van der Waals surface area contributed by atoms with E-state index in [4.69, 9.17) is 5.11 Å². The second-order valence-corrected chi connectivity index (χ2v) is 5.91. The van der Waals surface area contributed by atoms with Crippen molar-refractivity contribution in [3.63, 3.8) is 0 Å². The minimum atomic E-state index is -0.701. The summed E-state index contributed by atoms with van der Waals surface area (Å²) in [5.74, 6) is -0.701. The molecule has 0 spiro atoms. The van der Waals surface area contributed by atoms with E-state index in [1.54, 1.807) is 0 Å². The lowest BCUT2D eigenvalue weighted by atomic mass is 9.81. The van der Waals surface area contributed by atoms with Gasteiger partial charge in [0.25, 0.3) is 0 Å². The number of para-hydroxylation sites is 1. The number of carbonyl (C=O) groups is 1. The number of hydrogen-bond donors (Lipinski definition) is 2. The standard InChI is InChI=1S/C17H27NO2/c1-4-17(2,3)14-10-7-8-11-15(14)18-13-9-5-6-12-16(19)20/h7-8,10-11,18H,4-6,9,12-13H2,1-3H3,(H,19,20). The van der Waals surface area contributed by atoms with E-state index in [1.807, 2.05) is 0 Å². The highest BCUT2D eigenvalue weighted by atomic mass is 16.4. The van der Waals surface area contributed by atoms with Crippen LogP contribution in [0.3, 0.4) is 0 Å². The molecule has 0 saturated heterocycles. The molecule has 0 aliphatic carbocycles. The molecular formula is C17H27NO2. The summed E-state index contributed by atoms with van der Waals surface area (Å²) in [6.45, 7) is 7.64. The van der Waals surface area contributed by atoms with Gasteiger partial charge in [0.1, 0.15) is 0 Å². The summed E-state index contributed by atoms with van der Waals surface area (Å²) in [6.07, 6.45) is 4.11. The van der Waals surface area contributed by atoms with E-state index in [-0.39, 0.29) is 11.8 Å². The van der Waals surface area contributed by atoms with Crippen LogP contribution in [0.25, 0.3) is 0 Å². The van der Waals surface area contributed by atoms with Crippen LogP contribution in [-0.2, 0) is 10.2 Å². The molecule has 1 aromatic carbocycles. The second-order valence-electron chi connectivity index (χ2n) is 5.91. The first-order valence-electron chi connectivity index (χ1n) is 7.52. The van der Waals surface area contributed by atoms with Crippen LogP contribution in [0.1, 0.15) is 58.4 Å².